The van der Waals surface area contributed by atoms with Crippen LogP contribution in [0.2, 0.25) is 5.02 Å². The van der Waals surface area contributed by atoms with Gasteiger partial charge in [0.1, 0.15) is 0 Å². The van der Waals surface area contributed by atoms with Gasteiger partial charge >= 0.3 is 0 Å². The number of nitrogens with one attached hydrogen (secondary N) is 1. The second-order valence-corrected chi connectivity index (χ2v) is 5.25. The fraction of sp³-hybridized carbons (Fsp3) is 0.538. The maximum atomic E-state index is 5.93. The summed E-state index contributed by atoms with van der Waals surface area (Å²) >= 11 is 9.36. The van der Waals surface area contributed by atoms with Crippen LogP contribution in [-0.4, -0.2) is 6.54 Å². The zero-order valence-corrected chi connectivity index (χ0v) is 12.1. The van der Waals surface area contributed by atoms with E-state index in [1.165, 1.54) is 31.2 Å². The number of halogens is 2. The van der Waals surface area contributed by atoms with E-state index in [0.29, 0.717) is 0 Å². The predicted molar refractivity (Wildman–Crippen MR) is 75.0 cm³/mol. The normalized spacial score (nSPS) is 10.7. The van der Waals surface area contributed by atoms with Gasteiger partial charge in [-0.2, -0.15) is 0 Å². The van der Waals surface area contributed by atoms with Crippen molar-refractivity contribution >= 4 is 27.5 Å². The lowest BCUT2D eigenvalue weighted by Gasteiger charge is -2.05. The molecule has 1 N–H and O–H groups in total. The fourth-order valence-corrected chi connectivity index (χ4v) is 2.10. The summed E-state index contributed by atoms with van der Waals surface area (Å²) in [6, 6.07) is 6.06. The summed E-state index contributed by atoms with van der Waals surface area (Å²) in [4.78, 5) is 0. The van der Waals surface area contributed by atoms with Crippen LogP contribution in [0.25, 0.3) is 0 Å². The molecule has 16 heavy (non-hydrogen) atoms. The second kappa shape index (κ2) is 8.10. The van der Waals surface area contributed by atoms with E-state index in [9.17, 15) is 0 Å². The molecule has 0 aliphatic rings. The topological polar surface area (TPSA) is 12.0 Å². The van der Waals surface area contributed by atoms with Crippen molar-refractivity contribution in [3.8, 4) is 0 Å². The van der Waals surface area contributed by atoms with E-state index in [0.717, 1.165) is 22.6 Å². The van der Waals surface area contributed by atoms with Crippen LogP contribution >= 0.6 is 27.5 Å². The molecule has 0 amide bonds. The molecule has 1 nitrogen and oxygen atoms in total. The summed E-state index contributed by atoms with van der Waals surface area (Å²) in [5.74, 6) is 0. The molecule has 0 fully saturated rings. The number of unbranched alkanes of at least 4 members (excludes halogenated alkanes) is 3. The monoisotopic (exact) mass is 303 g/mol. The van der Waals surface area contributed by atoms with E-state index in [2.05, 4.69) is 40.3 Å². The van der Waals surface area contributed by atoms with E-state index in [-0.39, 0.29) is 0 Å². The van der Waals surface area contributed by atoms with Gasteiger partial charge in [0.2, 0.25) is 0 Å². The summed E-state index contributed by atoms with van der Waals surface area (Å²) in [6.07, 6.45) is 5.23. The molecule has 1 aromatic rings. The Hall–Kier alpha value is -0.0500. The Bertz CT molecular complexity index is 315. The van der Waals surface area contributed by atoms with Crippen molar-refractivity contribution in [2.75, 3.05) is 6.54 Å². The Morgan fingerprint density at radius 3 is 2.75 bits per heavy atom. The van der Waals surface area contributed by atoms with Crippen molar-refractivity contribution < 1.29 is 0 Å². The van der Waals surface area contributed by atoms with Gasteiger partial charge in [0.15, 0.2) is 0 Å². The van der Waals surface area contributed by atoms with Gasteiger partial charge in [-0.05, 0) is 46.6 Å². The smallest absolute Gasteiger partial charge is 0.0548 e. The van der Waals surface area contributed by atoms with Crippen LogP contribution in [0.4, 0.5) is 0 Å². The first-order valence-corrected chi connectivity index (χ1v) is 7.05. The number of hydrogen-bond acceptors (Lipinski definition) is 1. The molecular weight excluding hydrogens is 286 g/mol. The van der Waals surface area contributed by atoms with Crippen molar-refractivity contribution in [2.45, 2.75) is 39.2 Å². The van der Waals surface area contributed by atoms with Crippen LogP contribution in [-0.2, 0) is 6.54 Å². The van der Waals surface area contributed by atoms with Gasteiger partial charge in [-0.1, -0.05) is 43.9 Å². The average Bonchev–Trinajstić information content (AvgIpc) is 2.28. The van der Waals surface area contributed by atoms with Gasteiger partial charge < -0.3 is 5.32 Å². The molecule has 0 aliphatic heterocycles. The van der Waals surface area contributed by atoms with E-state index in [4.69, 9.17) is 11.6 Å². The molecule has 1 aromatic carbocycles. The van der Waals surface area contributed by atoms with Gasteiger partial charge in [0, 0.05) is 11.0 Å². The van der Waals surface area contributed by atoms with Crippen LogP contribution in [0.15, 0.2) is 22.7 Å². The third kappa shape index (κ3) is 5.33. The van der Waals surface area contributed by atoms with Crippen LogP contribution < -0.4 is 5.32 Å². The molecule has 90 valence electrons. The minimum Gasteiger partial charge on any atom is -0.313 e. The summed E-state index contributed by atoms with van der Waals surface area (Å²) in [5, 5.41) is 4.21. The maximum absolute atomic E-state index is 5.93. The summed E-state index contributed by atoms with van der Waals surface area (Å²) in [6.45, 7) is 4.25. The lowest BCUT2D eigenvalue weighted by atomic mass is 10.2. The standard InChI is InChI=1S/C13H19BrClN/c1-2-3-4-5-8-16-10-11-6-7-13(15)12(14)9-11/h6-7,9,16H,2-5,8,10H2,1H3. The molecular formula is C13H19BrClN. The molecule has 0 bridgehead atoms. The molecule has 0 aliphatic carbocycles. The zero-order valence-electron chi connectivity index (χ0n) is 9.73. The Morgan fingerprint density at radius 1 is 1.25 bits per heavy atom. The molecule has 0 saturated heterocycles. The lowest BCUT2D eigenvalue weighted by molar-refractivity contribution is 0.598. The SMILES string of the molecule is CCCCCCNCc1ccc(Cl)c(Br)c1. The number of rotatable bonds is 7. The Labute approximate surface area is 112 Å². The molecule has 0 spiro atoms. The van der Waals surface area contributed by atoms with Gasteiger partial charge in [0.05, 0.1) is 5.02 Å². The summed E-state index contributed by atoms with van der Waals surface area (Å²) in [5.41, 5.74) is 1.27. The van der Waals surface area contributed by atoms with Gasteiger partial charge in [-0.3, -0.25) is 0 Å². The first-order valence-electron chi connectivity index (χ1n) is 5.88. The Morgan fingerprint density at radius 2 is 2.06 bits per heavy atom. The molecule has 0 saturated carbocycles. The van der Waals surface area contributed by atoms with Crippen LogP contribution in [0.5, 0.6) is 0 Å². The minimum atomic E-state index is 0.770. The average molecular weight is 305 g/mol. The van der Waals surface area contributed by atoms with E-state index in [1.54, 1.807) is 0 Å². The third-order valence-corrected chi connectivity index (χ3v) is 3.73. The molecule has 0 atom stereocenters. The highest BCUT2D eigenvalue weighted by atomic mass is 79.9. The third-order valence-electron chi connectivity index (χ3n) is 2.52. The summed E-state index contributed by atoms with van der Waals surface area (Å²) in [7, 11) is 0. The second-order valence-electron chi connectivity index (χ2n) is 3.99. The first kappa shape index (κ1) is 14.0. The predicted octanol–water partition coefficient (Wildman–Crippen LogP) is 4.77. The molecule has 1 rings (SSSR count). The van der Waals surface area contributed by atoms with E-state index in [1.807, 2.05) is 6.07 Å². The van der Waals surface area contributed by atoms with Gasteiger partial charge in [-0.25, -0.2) is 0 Å². The Balaban J connectivity index is 2.19. The van der Waals surface area contributed by atoms with E-state index < -0.39 is 0 Å². The lowest BCUT2D eigenvalue weighted by Crippen LogP contribution is -2.14. The summed E-state index contributed by atoms with van der Waals surface area (Å²) < 4.78 is 0.972. The maximum Gasteiger partial charge on any atom is 0.0548 e. The largest absolute Gasteiger partial charge is 0.313 e. The fourth-order valence-electron chi connectivity index (χ4n) is 1.56. The zero-order chi connectivity index (χ0) is 11.8. The van der Waals surface area contributed by atoms with Gasteiger partial charge in [-0.15, -0.1) is 0 Å². The van der Waals surface area contributed by atoms with Crippen LogP contribution in [0.1, 0.15) is 38.2 Å². The van der Waals surface area contributed by atoms with Crippen molar-refractivity contribution in [1.29, 1.82) is 0 Å². The van der Waals surface area contributed by atoms with Crippen molar-refractivity contribution in [3.63, 3.8) is 0 Å². The van der Waals surface area contributed by atoms with Crippen LogP contribution in [0, 0.1) is 0 Å². The highest BCUT2D eigenvalue weighted by molar-refractivity contribution is 9.10. The molecule has 0 unspecified atom stereocenters. The number of benzene rings is 1. The van der Waals surface area contributed by atoms with Crippen molar-refractivity contribution in [3.05, 3.63) is 33.3 Å². The number of hydrogen-bond donors (Lipinski definition) is 1. The highest BCUT2D eigenvalue weighted by Crippen LogP contribution is 2.23. The minimum absolute atomic E-state index is 0.770. The van der Waals surface area contributed by atoms with Crippen molar-refractivity contribution in [1.82, 2.24) is 5.32 Å². The van der Waals surface area contributed by atoms with E-state index >= 15 is 0 Å². The quantitative estimate of drug-likeness (QED) is 0.715. The van der Waals surface area contributed by atoms with Gasteiger partial charge in [0.25, 0.3) is 0 Å². The van der Waals surface area contributed by atoms with Crippen LogP contribution in [0.3, 0.4) is 0 Å². The highest BCUT2D eigenvalue weighted by Gasteiger charge is 1.98. The first-order chi connectivity index (χ1) is 7.74. The Kier molecular flexibility index (Phi) is 7.10. The molecule has 0 radical (unpaired) electrons. The molecule has 0 aromatic heterocycles. The van der Waals surface area contributed by atoms with Crippen molar-refractivity contribution in [2.24, 2.45) is 0 Å². The molecule has 0 heterocycles. The molecule has 3 heteroatoms.